The average molecular weight is 640 g/mol. The molecule has 3 fully saturated rings. The van der Waals surface area contributed by atoms with E-state index in [1.165, 1.54) is 88.2 Å². The standard InChI is InChI=1S/C38H54NO5.ClH/c1-2-3-4-5-6-7-8-9-10-19-28-42-37(41)44-38(31-20-13-11-14-21-31,32-22-15-12-16-23-32)36(40)43-35-29-33-24-25-34(30-35)39(33)26-17-18-27-39;/h11-16,20-23,33-35H,2-10,17-19,24-30H2,1H3;1H/q+1;/p-1. The van der Waals surface area contributed by atoms with Gasteiger partial charge in [0.25, 0.3) is 5.60 Å². The molecule has 0 aliphatic carbocycles. The molecule has 7 heteroatoms. The molecule has 0 saturated carbocycles. The van der Waals surface area contributed by atoms with Crippen molar-refractivity contribution in [3.8, 4) is 0 Å². The third-order valence-corrected chi connectivity index (χ3v) is 10.6. The molecule has 2 bridgehead atoms. The summed E-state index contributed by atoms with van der Waals surface area (Å²) in [6.45, 7) is 5.05. The van der Waals surface area contributed by atoms with E-state index in [2.05, 4.69) is 6.92 Å². The summed E-state index contributed by atoms with van der Waals surface area (Å²) in [5.41, 5.74) is -0.615. The first-order valence-electron chi connectivity index (χ1n) is 17.6. The fourth-order valence-electron chi connectivity index (χ4n) is 8.35. The molecule has 0 aromatic heterocycles. The number of esters is 1. The number of nitrogens with zero attached hydrogens (tertiary/aromatic N) is 1. The molecule has 5 rings (SSSR count). The SMILES string of the molecule is CCCCCCCCCCCCOC(=O)OC(C(=O)OC1CC2CCC(C1)[N+]21CCCC1)(c1ccccc1)c1ccccc1.[Cl-]. The van der Waals surface area contributed by atoms with Crippen molar-refractivity contribution in [1.82, 2.24) is 0 Å². The van der Waals surface area contributed by atoms with Crippen molar-refractivity contribution in [2.75, 3.05) is 19.7 Å². The number of halogens is 1. The summed E-state index contributed by atoms with van der Waals surface area (Å²) in [6.07, 6.45) is 17.8. The van der Waals surface area contributed by atoms with E-state index < -0.39 is 17.7 Å². The third kappa shape index (κ3) is 8.43. The molecule has 2 unspecified atom stereocenters. The maximum atomic E-state index is 14.4. The zero-order valence-corrected chi connectivity index (χ0v) is 28.1. The summed E-state index contributed by atoms with van der Waals surface area (Å²) in [5, 5.41) is 0. The summed E-state index contributed by atoms with van der Waals surface area (Å²) in [5.74, 6) is -0.537. The predicted molar refractivity (Wildman–Crippen MR) is 173 cm³/mol. The lowest BCUT2D eigenvalue weighted by atomic mass is 9.85. The molecule has 2 atom stereocenters. The summed E-state index contributed by atoms with van der Waals surface area (Å²) < 4.78 is 19.3. The summed E-state index contributed by atoms with van der Waals surface area (Å²) in [4.78, 5) is 27.7. The Labute approximate surface area is 277 Å². The zero-order chi connectivity index (χ0) is 30.7. The van der Waals surface area contributed by atoms with Crippen LogP contribution in [0.5, 0.6) is 0 Å². The van der Waals surface area contributed by atoms with Gasteiger partial charge in [-0.1, -0.05) is 125 Å². The van der Waals surface area contributed by atoms with Gasteiger partial charge in [0.05, 0.1) is 31.8 Å². The molecular weight excluding hydrogens is 586 g/mol. The lowest BCUT2D eigenvalue weighted by molar-refractivity contribution is -0.956. The van der Waals surface area contributed by atoms with Crippen LogP contribution in [0.3, 0.4) is 0 Å². The van der Waals surface area contributed by atoms with Gasteiger partial charge >= 0.3 is 12.1 Å². The molecule has 2 aromatic rings. The van der Waals surface area contributed by atoms with Gasteiger partial charge in [0.2, 0.25) is 0 Å². The highest BCUT2D eigenvalue weighted by molar-refractivity contribution is 5.88. The molecule has 3 aliphatic rings. The molecule has 3 aliphatic heterocycles. The number of quaternary nitrogens is 1. The highest BCUT2D eigenvalue weighted by Crippen LogP contribution is 2.47. The first kappa shape index (κ1) is 35.3. The molecule has 6 nitrogen and oxygen atoms in total. The Balaban J connectivity index is 0.00000461. The predicted octanol–water partition coefficient (Wildman–Crippen LogP) is 5.86. The van der Waals surface area contributed by atoms with Crippen LogP contribution >= 0.6 is 0 Å². The lowest BCUT2D eigenvalue weighted by Gasteiger charge is -2.47. The summed E-state index contributed by atoms with van der Waals surface area (Å²) >= 11 is 0. The molecule has 1 spiro atoms. The van der Waals surface area contributed by atoms with Gasteiger partial charge < -0.3 is 31.1 Å². The van der Waals surface area contributed by atoms with Crippen LogP contribution in [-0.4, -0.2) is 54.5 Å². The monoisotopic (exact) mass is 639 g/mol. The Morgan fingerprint density at radius 1 is 0.733 bits per heavy atom. The fourth-order valence-corrected chi connectivity index (χ4v) is 8.35. The van der Waals surface area contributed by atoms with Gasteiger partial charge in [0.15, 0.2) is 0 Å². The van der Waals surface area contributed by atoms with Crippen LogP contribution in [0.4, 0.5) is 4.79 Å². The summed E-state index contributed by atoms with van der Waals surface area (Å²) in [7, 11) is 0. The Morgan fingerprint density at radius 3 is 1.73 bits per heavy atom. The Kier molecular flexibility index (Phi) is 13.6. The largest absolute Gasteiger partial charge is 1.00 e. The molecular formula is C38H54ClNO5. The minimum absolute atomic E-state index is 0. The number of piperidine rings is 1. The van der Waals surface area contributed by atoms with Crippen molar-refractivity contribution in [3.63, 3.8) is 0 Å². The molecule has 3 heterocycles. The van der Waals surface area contributed by atoms with E-state index in [9.17, 15) is 9.59 Å². The summed E-state index contributed by atoms with van der Waals surface area (Å²) in [6, 6.07) is 19.7. The first-order valence-corrected chi connectivity index (χ1v) is 17.6. The maximum absolute atomic E-state index is 14.4. The minimum Gasteiger partial charge on any atom is -1.00 e. The second-order valence-corrected chi connectivity index (χ2v) is 13.4. The minimum atomic E-state index is -1.74. The smallest absolute Gasteiger partial charge is 0.510 e. The van der Waals surface area contributed by atoms with Gasteiger partial charge in [0, 0.05) is 49.7 Å². The quantitative estimate of drug-likeness (QED) is 0.131. The van der Waals surface area contributed by atoms with Gasteiger partial charge in [-0.05, 0) is 6.42 Å². The molecule has 2 aromatic carbocycles. The molecule has 248 valence electrons. The molecule has 0 amide bonds. The number of ether oxygens (including phenoxy) is 3. The van der Waals surface area contributed by atoms with Crippen LogP contribution in [0.25, 0.3) is 0 Å². The van der Waals surface area contributed by atoms with Crippen molar-refractivity contribution < 1.29 is 40.7 Å². The Hall–Kier alpha value is -2.57. The van der Waals surface area contributed by atoms with Crippen molar-refractivity contribution in [2.45, 2.75) is 133 Å². The van der Waals surface area contributed by atoms with E-state index in [0.717, 1.165) is 32.1 Å². The maximum Gasteiger partial charge on any atom is 0.510 e. The normalized spacial score (nSPS) is 21.7. The number of benzene rings is 2. The van der Waals surface area contributed by atoms with Crippen LogP contribution in [-0.2, 0) is 24.6 Å². The number of hydrogen-bond donors (Lipinski definition) is 0. The molecule has 45 heavy (non-hydrogen) atoms. The zero-order valence-electron chi connectivity index (χ0n) is 27.3. The van der Waals surface area contributed by atoms with Gasteiger partial charge in [-0.25, -0.2) is 9.59 Å². The van der Waals surface area contributed by atoms with E-state index >= 15 is 0 Å². The lowest BCUT2D eigenvalue weighted by Crippen LogP contribution is -3.00. The van der Waals surface area contributed by atoms with Crippen LogP contribution in [0.2, 0.25) is 0 Å². The number of unbranched alkanes of at least 4 members (excludes halogenated alkanes) is 9. The molecule has 0 radical (unpaired) electrons. The van der Waals surface area contributed by atoms with Gasteiger partial charge in [0.1, 0.15) is 6.10 Å². The fraction of sp³-hybridized carbons (Fsp3) is 0.632. The van der Waals surface area contributed by atoms with Crippen molar-refractivity contribution in [3.05, 3.63) is 71.8 Å². The third-order valence-electron chi connectivity index (χ3n) is 10.6. The van der Waals surface area contributed by atoms with Crippen LogP contribution in [0.15, 0.2) is 60.7 Å². The Bertz CT molecular complexity index is 1110. The van der Waals surface area contributed by atoms with E-state index in [1.54, 1.807) is 0 Å². The van der Waals surface area contributed by atoms with E-state index in [1.807, 2.05) is 60.7 Å². The highest BCUT2D eigenvalue weighted by atomic mass is 35.5. The van der Waals surface area contributed by atoms with E-state index in [-0.39, 0.29) is 25.1 Å². The second kappa shape index (κ2) is 17.4. The van der Waals surface area contributed by atoms with Crippen molar-refractivity contribution in [2.24, 2.45) is 0 Å². The van der Waals surface area contributed by atoms with Gasteiger partial charge in [-0.15, -0.1) is 0 Å². The van der Waals surface area contributed by atoms with Gasteiger partial charge in [-0.3, -0.25) is 0 Å². The van der Waals surface area contributed by atoms with Crippen molar-refractivity contribution in [1.29, 1.82) is 0 Å². The number of rotatable bonds is 16. The second-order valence-electron chi connectivity index (χ2n) is 13.4. The van der Waals surface area contributed by atoms with Crippen LogP contribution < -0.4 is 12.4 Å². The number of hydrogen-bond acceptors (Lipinski definition) is 5. The number of carbonyl (C=O) groups is 2. The van der Waals surface area contributed by atoms with Crippen LogP contribution in [0, 0.1) is 0 Å². The van der Waals surface area contributed by atoms with Crippen LogP contribution in [0.1, 0.15) is 121 Å². The average Bonchev–Trinajstić information content (AvgIpc) is 3.59. The van der Waals surface area contributed by atoms with Crippen molar-refractivity contribution >= 4 is 12.1 Å². The Morgan fingerprint density at radius 2 is 1.22 bits per heavy atom. The molecule has 3 saturated heterocycles. The molecule has 0 N–H and O–H groups in total. The highest BCUT2D eigenvalue weighted by Gasteiger charge is 2.57. The van der Waals surface area contributed by atoms with E-state index in [0.29, 0.717) is 23.2 Å². The number of carbonyl (C=O) groups excluding carboxylic acids is 2. The topological polar surface area (TPSA) is 61.8 Å². The van der Waals surface area contributed by atoms with E-state index in [4.69, 9.17) is 14.2 Å². The van der Waals surface area contributed by atoms with Gasteiger partial charge in [-0.2, -0.15) is 0 Å². The first-order chi connectivity index (χ1) is 21.6.